The summed E-state index contributed by atoms with van der Waals surface area (Å²) in [6, 6.07) is 9.07. The normalized spacial score (nSPS) is 13.0. The molecule has 0 amide bonds. The van der Waals surface area contributed by atoms with Gasteiger partial charge in [0.2, 0.25) is 10.0 Å². The van der Waals surface area contributed by atoms with Crippen molar-refractivity contribution in [3.63, 3.8) is 0 Å². The van der Waals surface area contributed by atoms with E-state index in [1.165, 1.54) is 0 Å². The number of carboxylic acid groups (broad SMARTS) is 1. The smallest absolute Gasteiger partial charge is 0.322 e. The highest BCUT2D eigenvalue weighted by molar-refractivity contribution is 7.89. The molecule has 180 valence electrons. The molecule has 2 rings (SSSR count). The average Bonchev–Trinajstić information content (AvgIpc) is 2.72. The quantitative estimate of drug-likeness (QED) is 0.301. The van der Waals surface area contributed by atoms with Gasteiger partial charge in [0.05, 0.1) is 4.90 Å². The number of benzene rings is 2. The predicted octanol–water partition coefficient (Wildman–Crippen LogP) is 4.32. The molecule has 0 bridgehead atoms. The van der Waals surface area contributed by atoms with Crippen LogP contribution in [-0.4, -0.2) is 31.4 Å². The van der Waals surface area contributed by atoms with Gasteiger partial charge in [-0.25, -0.2) is 8.42 Å². The number of aliphatic carboxylic acids is 1. The van der Waals surface area contributed by atoms with Gasteiger partial charge >= 0.3 is 5.97 Å². The molecular weight excluding hydrogens is 438 g/mol. The summed E-state index contributed by atoms with van der Waals surface area (Å²) in [5, 5.41) is 17.6. The fourth-order valence-electron chi connectivity index (χ4n) is 3.81. The van der Waals surface area contributed by atoms with Gasteiger partial charge in [-0.05, 0) is 40.0 Å². The summed E-state index contributed by atoms with van der Waals surface area (Å²) in [6.07, 6.45) is -0.136. The minimum Gasteiger partial charge on any atom is -0.480 e. The monoisotopic (exact) mass is 473 g/mol. The minimum atomic E-state index is -4.17. The zero-order valence-electron chi connectivity index (χ0n) is 20.1. The zero-order chi connectivity index (χ0) is 25.1. The van der Waals surface area contributed by atoms with Crippen molar-refractivity contribution in [3.05, 3.63) is 64.2 Å². The Hall–Kier alpha value is -2.71. The van der Waals surface area contributed by atoms with Gasteiger partial charge in [0.15, 0.2) is 0 Å². The molecule has 0 radical (unpaired) electrons. The number of rotatable bonds is 10. The van der Waals surface area contributed by atoms with Gasteiger partial charge in [0.25, 0.3) is 0 Å². The van der Waals surface area contributed by atoms with E-state index >= 15 is 0 Å². The number of nitrogen functional groups attached to an aromatic ring is 1. The molecule has 33 heavy (non-hydrogen) atoms. The Labute approximate surface area is 197 Å². The summed E-state index contributed by atoms with van der Waals surface area (Å²) < 4.78 is 29.7. The van der Waals surface area contributed by atoms with Gasteiger partial charge in [0, 0.05) is 12.0 Å². The Morgan fingerprint density at radius 3 is 1.94 bits per heavy atom. The average molecular weight is 474 g/mol. The van der Waals surface area contributed by atoms with Gasteiger partial charge in [-0.3, -0.25) is 10.2 Å². The molecule has 0 aliphatic rings. The van der Waals surface area contributed by atoms with Gasteiger partial charge in [-0.1, -0.05) is 77.9 Å². The van der Waals surface area contributed by atoms with Crippen molar-refractivity contribution < 1.29 is 18.3 Å². The third kappa shape index (κ3) is 6.21. The first-order chi connectivity index (χ1) is 15.3. The van der Waals surface area contributed by atoms with Crippen LogP contribution in [0.15, 0.2) is 41.3 Å². The van der Waals surface area contributed by atoms with Crippen molar-refractivity contribution in [1.29, 1.82) is 5.41 Å². The Morgan fingerprint density at radius 2 is 1.52 bits per heavy atom. The lowest BCUT2D eigenvalue weighted by molar-refractivity contribution is -0.138. The second kappa shape index (κ2) is 10.5. The van der Waals surface area contributed by atoms with Crippen LogP contribution in [0, 0.1) is 5.41 Å². The number of nitrogens with two attached hydrogens (primary N) is 1. The number of hydrogen-bond donors (Lipinski definition) is 4. The van der Waals surface area contributed by atoms with E-state index in [-0.39, 0.29) is 34.9 Å². The van der Waals surface area contributed by atoms with Crippen molar-refractivity contribution in [1.82, 2.24) is 4.72 Å². The summed E-state index contributed by atoms with van der Waals surface area (Å²) in [6.45, 7) is 11.8. The van der Waals surface area contributed by atoms with Crippen LogP contribution < -0.4 is 10.5 Å². The first-order valence-corrected chi connectivity index (χ1v) is 12.6. The molecule has 0 fully saturated rings. The first-order valence-electron chi connectivity index (χ1n) is 11.1. The summed E-state index contributed by atoms with van der Waals surface area (Å²) in [7, 11) is -4.17. The van der Waals surface area contributed by atoms with Crippen LogP contribution >= 0.6 is 0 Å². The third-order valence-electron chi connectivity index (χ3n) is 5.68. The molecule has 0 aliphatic heterocycles. The van der Waals surface area contributed by atoms with E-state index in [1.54, 1.807) is 24.3 Å². The fourth-order valence-corrected chi connectivity index (χ4v) is 5.69. The Kier molecular flexibility index (Phi) is 8.43. The van der Waals surface area contributed by atoms with Crippen LogP contribution in [0.2, 0.25) is 0 Å². The molecule has 7 nitrogen and oxygen atoms in total. The van der Waals surface area contributed by atoms with E-state index in [2.05, 4.69) is 18.6 Å². The maximum Gasteiger partial charge on any atom is 0.322 e. The Balaban J connectivity index is 2.60. The highest BCUT2D eigenvalue weighted by Crippen LogP contribution is 2.35. The number of carboxylic acids is 1. The molecule has 1 atom stereocenters. The summed E-state index contributed by atoms with van der Waals surface area (Å²) in [4.78, 5) is 12.2. The standard InChI is InChI=1S/C25H35N3O4S/c1-14(2)18-11-20(15(3)4)23(21(12-18)16(5)6)33(31,32)28-22(25(29)30)13-17-9-7-8-10-19(17)24(26)27/h7-12,14-16,22,28H,13H2,1-6H3,(H3,26,27)(H,29,30). The van der Waals surface area contributed by atoms with Crippen molar-refractivity contribution in [3.8, 4) is 0 Å². The van der Waals surface area contributed by atoms with Gasteiger partial charge < -0.3 is 10.8 Å². The lowest BCUT2D eigenvalue weighted by atomic mass is 9.89. The molecule has 2 aromatic carbocycles. The van der Waals surface area contributed by atoms with Crippen LogP contribution in [0.5, 0.6) is 0 Å². The fraction of sp³-hybridized carbons (Fsp3) is 0.440. The third-order valence-corrected chi connectivity index (χ3v) is 7.28. The summed E-state index contributed by atoms with van der Waals surface area (Å²) >= 11 is 0. The number of nitrogens with one attached hydrogen (secondary N) is 2. The van der Waals surface area contributed by atoms with Crippen LogP contribution in [-0.2, 0) is 21.2 Å². The van der Waals surface area contributed by atoms with Crippen LogP contribution in [0.1, 0.15) is 87.1 Å². The molecule has 0 saturated carbocycles. The van der Waals surface area contributed by atoms with E-state index in [0.29, 0.717) is 22.3 Å². The SMILES string of the molecule is CC(C)c1cc(C(C)C)c(S(=O)(=O)NC(Cc2ccccc2C(=N)N)C(=O)O)c(C(C)C)c1. The number of hydrogen-bond acceptors (Lipinski definition) is 4. The van der Waals surface area contributed by atoms with Crippen molar-refractivity contribution in [2.24, 2.45) is 5.73 Å². The van der Waals surface area contributed by atoms with Crippen molar-refractivity contribution in [2.45, 2.75) is 76.7 Å². The molecule has 0 aromatic heterocycles. The predicted molar refractivity (Wildman–Crippen MR) is 132 cm³/mol. The van der Waals surface area contributed by atoms with Gasteiger partial charge in [0.1, 0.15) is 11.9 Å². The molecule has 5 N–H and O–H groups in total. The van der Waals surface area contributed by atoms with Crippen molar-refractivity contribution >= 4 is 21.8 Å². The molecule has 8 heteroatoms. The topological polar surface area (TPSA) is 133 Å². The lowest BCUT2D eigenvalue weighted by Crippen LogP contribution is -2.43. The number of carbonyl (C=O) groups is 1. The molecule has 0 saturated heterocycles. The largest absolute Gasteiger partial charge is 0.480 e. The van der Waals surface area contributed by atoms with Gasteiger partial charge in [-0.15, -0.1) is 0 Å². The summed E-state index contributed by atoms with van der Waals surface area (Å²) in [5.74, 6) is -1.43. The van der Waals surface area contributed by atoms with Crippen LogP contribution in [0.4, 0.5) is 0 Å². The molecule has 2 aromatic rings. The Bertz CT molecular complexity index is 1110. The minimum absolute atomic E-state index is 0.0745. The zero-order valence-corrected chi connectivity index (χ0v) is 21.0. The lowest BCUT2D eigenvalue weighted by Gasteiger charge is -2.24. The molecule has 0 spiro atoms. The first kappa shape index (κ1) is 26.5. The number of amidine groups is 1. The summed E-state index contributed by atoms with van der Waals surface area (Å²) in [5.41, 5.74) is 8.89. The van der Waals surface area contributed by atoms with Crippen molar-refractivity contribution in [2.75, 3.05) is 0 Å². The molecular formula is C25H35N3O4S. The Morgan fingerprint density at radius 1 is 1.00 bits per heavy atom. The van der Waals surface area contributed by atoms with Gasteiger partial charge in [-0.2, -0.15) is 4.72 Å². The van der Waals surface area contributed by atoms with Crippen LogP contribution in [0.25, 0.3) is 0 Å². The van der Waals surface area contributed by atoms with E-state index in [1.807, 2.05) is 39.8 Å². The van der Waals surface area contributed by atoms with E-state index in [4.69, 9.17) is 11.1 Å². The second-order valence-corrected chi connectivity index (χ2v) is 10.9. The second-order valence-electron chi connectivity index (χ2n) is 9.28. The van der Waals surface area contributed by atoms with Crippen LogP contribution in [0.3, 0.4) is 0 Å². The molecule has 0 heterocycles. The van der Waals surface area contributed by atoms with E-state index in [9.17, 15) is 18.3 Å². The highest BCUT2D eigenvalue weighted by atomic mass is 32.2. The maximum atomic E-state index is 13.6. The molecule has 1 unspecified atom stereocenters. The van der Waals surface area contributed by atoms with E-state index < -0.39 is 22.0 Å². The molecule has 0 aliphatic carbocycles. The number of sulfonamides is 1. The highest BCUT2D eigenvalue weighted by Gasteiger charge is 2.32. The van der Waals surface area contributed by atoms with E-state index in [0.717, 1.165) is 5.56 Å². The maximum absolute atomic E-state index is 13.6.